The number of azo groups is 1. The van der Waals surface area contributed by atoms with Crippen LogP contribution in [0.2, 0.25) is 5.28 Å². The van der Waals surface area contributed by atoms with Gasteiger partial charge in [0, 0.05) is 23.8 Å². The Labute approximate surface area is 388 Å². The highest BCUT2D eigenvalue weighted by molar-refractivity contribution is 7.92. The molecule has 5 aromatic rings. The average molecular weight is 1110 g/mol. The summed E-state index contributed by atoms with van der Waals surface area (Å²) in [6.07, 6.45) is -1.08. The molecule has 0 spiro atoms. The van der Waals surface area contributed by atoms with Gasteiger partial charge >= 0.3 is 20.8 Å². The van der Waals surface area contributed by atoms with Crippen molar-refractivity contribution in [1.29, 1.82) is 0 Å². The molecule has 0 unspecified atom stereocenters. The number of halogens is 1. The SMILES string of the molecule is O=S(=O)(O)OCCS(=O)(=O)c1cc(Cc2nc(Cl)nc(Cc3ccc4cc(S(=O)(=O)O)c(N=Nc5cc(S(=O)(=O)CCOS(=O)(=O)O)cc(S(=O)(=O)O)c5O)c(O)c4c3)n2)c(O)c(S(=O)(=O)O)c1. The van der Waals surface area contributed by atoms with Gasteiger partial charge in [0.1, 0.15) is 43.5 Å². The minimum Gasteiger partial charge on any atom is -0.506 e. The third kappa shape index (κ3) is 13.5. The third-order valence-electron chi connectivity index (χ3n) is 8.66. The lowest BCUT2D eigenvalue weighted by Gasteiger charge is -2.13. The van der Waals surface area contributed by atoms with Crippen molar-refractivity contribution in [1.82, 2.24) is 15.0 Å². The van der Waals surface area contributed by atoms with E-state index in [0.717, 1.165) is 12.1 Å². The van der Waals surface area contributed by atoms with Gasteiger partial charge in [0.2, 0.25) is 5.28 Å². The van der Waals surface area contributed by atoms with E-state index in [2.05, 4.69) is 33.5 Å². The number of sulfone groups is 2. The molecule has 0 aliphatic carbocycles. The largest absolute Gasteiger partial charge is 0.506 e. The Morgan fingerprint density at radius 3 is 1.51 bits per heavy atom. The van der Waals surface area contributed by atoms with Gasteiger partial charge in [-0.1, -0.05) is 12.1 Å². The van der Waals surface area contributed by atoms with Gasteiger partial charge in [0.15, 0.2) is 31.2 Å². The number of aromatic nitrogens is 3. The highest BCUT2D eigenvalue weighted by atomic mass is 35.5. The van der Waals surface area contributed by atoms with Crippen LogP contribution in [0.4, 0.5) is 11.4 Å². The van der Waals surface area contributed by atoms with Gasteiger partial charge in [-0.3, -0.25) is 22.8 Å². The molecule has 29 nitrogen and oxygen atoms in total. The van der Waals surface area contributed by atoms with E-state index >= 15 is 0 Å². The summed E-state index contributed by atoms with van der Waals surface area (Å²) in [5.41, 5.74) is -2.63. The van der Waals surface area contributed by atoms with Crippen LogP contribution in [0.3, 0.4) is 0 Å². The van der Waals surface area contributed by atoms with Gasteiger partial charge in [-0.2, -0.15) is 42.1 Å². The first kappa shape index (κ1) is 53.8. The molecular formula is C31H28ClN5O24S7. The van der Waals surface area contributed by atoms with E-state index in [1.807, 2.05) is 0 Å². The summed E-state index contributed by atoms with van der Waals surface area (Å²) in [5, 5.41) is 38.7. The molecule has 0 bridgehead atoms. The number of hydrogen-bond acceptors (Lipinski definition) is 24. The summed E-state index contributed by atoms with van der Waals surface area (Å²) in [7, 11) is -35.9. The molecule has 4 aromatic carbocycles. The van der Waals surface area contributed by atoms with Crippen molar-refractivity contribution in [3.8, 4) is 17.2 Å². The molecule has 370 valence electrons. The van der Waals surface area contributed by atoms with Crippen molar-refractivity contribution in [3.63, 3.8) is 0 Å². The first-order valence-corrected chi connectivity index (χ1v) is 28.1. The van der Waals surface area contributed by atoms with E-state index in [0.29, 0.717) is 12.1 Å². The zero-order chi connectivity index (χ0) is 51.2. The molecule has 8 N–H and O–H groups in total. The number of hydrogen-bond donors (Lipinski definition) is 8. The van der Waals surface area contributed by atoms with Crippen molar-refractivity contribution in [2.75, 3.05) is 24.7 Å². The van der Waals surface area contributed by atoms with Crippen molar-refractivity contribution >= 4 is 105 Å². The number of nitrogens with zero attached hydrogens (tertiary/aromatic N) is 5. The third-order valence-corrected chi connectivity index (χ3v) is 15.7. The molecular weight excluding hydrogens is 1090 g/mol. The standard InChI is InChI=1S/C31H28ClN5O24S7/c32-31-34-25(33-26(35-31)11-17-9-18(13-23(28(17)38)65(48,49)50)62(41,42)5-3-60-67(54,55)56)8-15-1-2-16-10-22(64(45,46)47)27(29(39)20(16)7-15)37-36-21-12-19(14-24(30(21)40)66(51,52)53)63(43,44)6-4-61-68(57,58)59/h1-2,7,9-10,12-14,38-40H,3-6,8,11H2,(H,45,46,47)(H,48,49,50)(H,51,52,53)(H,54,55,56)(H,57,58,59). The minimum absolute atomic E-state index is 0.117. The topological polar surface area (TPSA) is 483 Å². The molecule has 0 amide bonds. The number of phenolic OH excluding ortho intramolecular Hbond substituents is 3. The Morgan fingerprint density at radius 2 is 1.01 bits per heavy atom. The second-order valence-corrected chi connectivity index (χ2v) is 24.3. The van der Waals surface area contributed by atoms with Gasteiger partial charge in [-0.15, -0.1) is 10.2 Å². The Hall–Kier alpha value is -5.19. The maximum absolute atomic E-state index is 13.0. The van der Waals surface area contributed by atoms with Crippen LogP contribution in [-0.2, 0) is 92.0 Å². The summed E-state index contributed by atoms with van der Waals surface area (Å²) in [6, 6.07) is 6.20. The van der Waals surface area contributed by atoms with Crippen LogP contribution in [0.15, 0.2) is 83.2 Å². The molecule has 37 heteroatoms. The van der Waals surface area contributed by atoms with E-state index in [-0.39, 0.29) is 40.5 Å². The van der Waals surface area contributed by atoms with Gasteiger partial charge in [0.25, 0.3) is 30.4 Å². The van der Waals surface area contributed by atoms with E-state index < -0.39 is 166 Å². The molecule has 0 aliphatic rings. The van der Waals surface area contributed by atoms with E-state index in [4.69, 9.17) is 20.7 Å². The summed E-state index contributed by atoms with van der Waals surface area (Å²) in [6.45, 7) is -2.35. The normalized spacial score (nSPS) is 13.4. The Kier molecular flexibility index (Phi) is 15.3. The van der Waals surface area contributed by atoms with Crippen LogP contribution in [0.5, 0.6) is 17.2 Å². The zero-order valence-electron chi connectivity index (χ0n) is 32.9. The van der Waals surface area contributed by atoms with E-state index in [1.54, 1.807) is 0 Å². The van der Waals surface area contributed by atoms with Gasteiger partial charge in [-0.25, -0.2) is 40.2 Å². The zero-order valence-corrected chi connectivity index (χ0v) is 39.4. The predicted octanol–water partition coefficient (Wildman–Crippen LogP) is 1.32. The smallest absolute Gasteiger partial charge is 0.397 e. The first-order valence-electron chi connectivity index (χ1n) is 17.4. The van der Waals surface area contributed by atoms with Crippen LogP contribution in [-0.4, -0.2) is 137 Å². The highest BCUT2D eigenvalue weighted by Gasteiger charge is 2.29. The van der Waals surface area contributed by atoms with Crippen molar-refractivity contribution in [3.05, 3.63) is 76.6 Å². The van der Waals surface area contributed by atoms with Crippen molar-refractivity contribution in [2.45, 2.75) is 37.3 Å². The number of fused-ring (bicyclic) bond motifs is 1. The Morgan fingerprint density at radius 1 is 0.529 bits per heavy atom. The number of benzene rings is 4. The van der Waals surface area contributed by atoms with Crippen LogP contribution in [0.25, 0.3) is 10.8 Å². The van der Waals surface area contributed by atoms with Crippen LogP contribution in [0.1, 0.15) is 22.8 Å². The quantitative estimate of drug-likeness (QED) is 0.0427. The van der Waals surface area contributed by atoms with Gasteiger partial charge < -0.3 is 15.3 Å². The Bertz CT molecular complexity index is 3740. The molecule has 1 heterocycles. The minimum atomic E-state index is -5.49. The Balaban J connectivity index is 1.56. The van der Waals surface area contributed by atoms with Crippen LogP contribution in [0, 0.1) is 0 Å². The molecule has 0 atom stereocenters. The summed E-state index contributed by atoms with van der Waals surface area (Å²) in [4.78, 5) is 6.07. The fourth-order valence-corrected chi connectivity index (χ4v) is 11.1. The molecule has 0 radical (unpaired) electrons. The van der Waals surface area contributed by atoms with Crippen molar-refractivity contribution < 1.29 is 105 Å². The van der Waals surface area contributed by atoms with Gasteiger partial charge in [0.05, 0.1) is 34.5 Å². The predicted molar refractivity (Wildman–Crippen MR) is 225 cm³/mol. The summed E-state index contributed by atoms with van der Waals surface area (Å²) < 4.78 is 223. The van der Waals surface area contributed by atoms with E-state index in [9.17, 15) is 87.9 Å². The second kappa shape index (κ2) is 19.3. The van der Waals surface area contributed by atoms with E-state index in [1.165, 1.54) is 18.2 Å². The summed E-state index contributed by atoms with van der Waals surface area (Å²) >= 11 is 6.11. The monoisotopic (exact) mass is 1110 g/mol. The fraction of sp³-hybridized carbons (Fsp3) is 0.194. The molecule has 0 aliphatic heterocycles. The second-order valence-electron chi connectivity index (χ2n) is 13.4. The average Bonchev–Trinajstić information content (AvgIpc) is 3.16. The molecule has 5 rings (SSSR count). The number of rotatable bonds is 19. The molecule has 68 heavy (non-hydrogen) atoms. The lowest BCUT2D eigenvalue weighted by Crippen LogP contribution is -2.16. The molecule has 0 fully saturated rings. The highest BCUT2D eigenvalue weighted by Crippen LogP contribution is 2.44. The molecule has 1 aromatic heterocycles. The maximum atomic E-state index is 13.0. The van der Waals surface area contributed by atoms with Crippen LogP contribution >= 0.6 is 11.6 Å². The van der Waals surface area contributed by atoms with Gasteiger partial charge in [-0.05, 0) is 58.9 Å². The van der Waals surface area contributed by atoms with Crippen LogP contribution < -0.4 is 0 Å². The molecule has 0 saturated carbocycles. The fourth-order valence-electron chi connectivity index (χ4n) is 5.75. The first-order chi connectivity index (χ1) is 30.9. The lowest BCUT2D eigenvalue weighted by molar-refractivity contribution is 0.282. The molecule has 0 saturated heterocycles. The lowest BCUT2D eigenvalue weighted by atomic mass is 10.0. The number of aromatic hydroxyl groups is 3. The maximum Gasteiger partial charge on any atom is 0.397 e. The van der Waals surface area contributed by atoms with Crippen molar-refractivity contribution in [2.24, 2.45) is 10.2 Å². The number of phenols is 3. The summed E-state index contributed by atoms with van der Waals surface area (Å²) in [5.74, 6) is -6.73.